The van der Waals surface area contributed by atoms with Crippen molar-refractivity contribution in [1.29, 1.82) is 0 Å². The summed E-state index contributed by atoms with van der Waals surface area (Å²) in [5.41, 5.74) is 0. The molecule has 23 heavy (non-hydrogen) atoms. The zero-order valence-corrected chi connectivity index (χ0v) is 15.1. The van der Waals surface area contributed by atoms with Crippen LogP contribution in [0.25, 0.3) is 0 Å². The van der Waals surface area contributed by atoms with Crippen LogP contribution in [-0.4, -0.2) is 81.3 Å². The van der Waals surface area contributed by atoms with Gasteiger partial charge >= 0.3 is 0 Å². The van der Waals surface area contributed by atoms with Gasteiger partial charge in [-0.25, -0.2) is 8.42 Å². The van der Waals surface area contributed by atoms with E-state index in [1.54, 1.807) is 0 Å². The molecular formula is C16H25N2O3PS. The summed E-state index contributed by atoms with van der Waals surface area (Å²) >= 11 is 0. The van der Waals surface area contributed by atoms with Crippen molar-refractivity contribution in [3.8, 4) is 0 Å². The molecule has 1 aromatic carbocycles. The Hall–Kier alpha value is -0.680. The zero-order chi connectivity index (χ0) is 16.3. The van der Waals surface area contributed by atoms with Crippen LogP contribution in [0.1, 0.15) is 0 Å². The molecule has 0 atom stereocenters. The van der Waals surface area contributed by atoms with Gasteiger partial charge in [-0.05, 0) is 0 Å². The molecule has 2 aliphatic rings. The first-order chi connectivity index (χ1) is 11.0. The second-order valence-corrected chi connectivity index (χ2v) is 12.0. The summed E-state index contributed by atoms with van der Waals surface area (Å²) in [6.07, 6.45) is 1.51. The van der Waals surface area contributed by atoms with E-state index in [0.29, 0.717) is 13.1 Å². The van der Waals surface area contributed by atoms with Gasteiger partial charge in [0.05, 0.1) is 11.5 Å². The number of hydrogen-bond acceptors (Lipinski definition) is 5. The number of rotatable bonds is 4. The maximum absolute atomic E-state index is 13.1. The fourth-order valence-electron chi connectivity index (χ4n) is 3.27. The normalized spacial score (nSPS) is 25.2. The molecule has 0 aromatic heterocycles. The van der Waals surface area contributed by atoms with Gasteiger partial charge in [-0.3, -0.25) is 0 Å². The largest absolute Gasteiger partial charge is 0.319 e. The van der Waals surface area contributed by atoms with Crippen LogP contribution in [0.5, 0.6) is 0 Å². The van der Waals surface area contributed by atoms with Crippen molar-refractivity contribution in [2.45, 2.75) is 0 Å². The van der Waals surface area contributed by atoms with E-state index in [9.17, 15) is 13.0 Å². The number of benzene rings is 1. The van der Waals surface area contributed by atoms with E-state index >= 15 is 0 Å². The summed E-state index contributed by atoms with van der Waals surface area (Å²) < 4.78 is 35.9. The Morgan fingerprint density at radius 3 is 1.96 bits per heavy atom. The SMILES string of the molecule is O=P1(c2ccccc2)CCN(CCN2CCS(=O)(=O)CC2)CC1. The molecule has 2 saturated heterocycles. The molecular weight excluding hydrogens is 331 g/mol. The van der Waals surface area contributed by atoms with Gasteiger partial charge in [0.2, 0.25) is 0 Å². The Morgan fingerprint density at radius 2 is 1.39 bits per heavy atom. The van der Waals surface area contributed by atoms with Gasteiger partial charge in [-0.2, -0.15) is 0 Å². The zero-order valence-electron chi connectivity index (χ0n) is 13.4. The molecule has 128 valence electrons. The van der Waals surface area contributed by atoms with Crippen LogP contribution in [0.3, 0.4) is 0 Å². The molecule has 0 amide bonds. The van der Waals surface area contributed by atoms with Crippen LogP contribution in [0, 0.1) is 0 Å². The average molecular weight is 356 g/mol. The predicted molar refractivity (Wildman–Crippen MR) is 95.0 cm³/mol. The van der Waals surface area contributed by atoms with Gasteiger partial charge in [0.15, 0.2) is 9.84 Å². The van der Waals surface area contributed by atoms with Crippen molar-refractivity contribution >= 4 is 22.3 Å². The minimum absolute atomic E-state index is 0.288. The van der Waals surface area contributed by atoms with Gasteiger partial charge < -0.3 is 14.4 Å². The quantitative estimate of drug-likeness (QED) is 0.744. The topological polar surface area (TPSA) is 57.7 Å². The molecule has 7 heteroatoms. The first-order valence-electron chi connectivity index (χ1n) is 8.26. The fraction of sp³-hybridized carbons (Fsp3) is 0.625. The van der Waals surface area contributed by atoms with Crippen LogP contribution < -0.4 is 5.30 Å². The van der Waals surface area contributed by atoms with E-state index < -0.39 is 17.0 Å². The molecule has 2 aliphatic heterocycles. The highest BCUT2D eigenvalue weighted by Gasteiger charge is 2.30. The lowest BCUT2D eigenvalue weighted by molar-refractivity contribution is 0.221. The van der Waals surface area contributed by atoms with Crippen molar-refractivity contribution in [3.63, 3.8) is 0 Å². The number of hydrogen-bond donors (Lipinski definition) is 0. The third-order valence-electron chi connectivity index (χ3n) is 4.95. The van der Waals surface area contributed by atoms with Gasteiger partial charge in [0, 0.05) is 56.9 Å². The molecule has 0 radical (unpaired) electrons. The van der Waals surface area contributed by atoms with Crippen molar-refractivity contribution in [2.75, 3.05) is 63.1 Å². The maximum atomic E-state index is 13.1. The number of nitrogens with zero attached hydrogens (tertiary/aromatic N) is 2. The summed E-state index contributed by atoms with van der Waals surface area (Å²) in [6, 6.07) is 9.87. The van der Waals surface area contributed by atoms with E-state index in [4.69, 9.17) is 0 Å². The second kappa shape index (κ2) is 7.06. The molecule has 2 fully saturated rings. The summed E-state index contributed by atoms with van der Waals surface area (Å²) in [5.74, 6) is 0.576. The fourth-order valence-corrected chi connectivity index (χ4v) is 7.21. The van der Waals surface area contributed by atoms with Crippen LogP contribution in [0.4, 0.5) is 0 Å². The first kappa shape index (κ1) is 17.2. The lowest BCUT2D eigenvalue weighted by Gasteiger charge is -2.34. The third-order valence-corrected chi connectivity index (χ3v) is 9.64. The van der Waals surface area contributed by atoms with Crippen molar-refractivity contribution in [3.05, 3.63) is 30.3 Å². The molecule has 0 unspecified atom stereocenters. The molecule has 2 heterocycles. The van der Waals surface area contributed by atoms with Gasteiger partial charge in [0.1, 0.15) is 7.14 Å². The van der Waals surface area contributed by atoms with Crippen LogP contribution in [0.15, 0.2) is 30.3 Å². The molecule has 3 rings (SSSR count). The minimum atomic E-state index is -2.80. The Kier molecular flexibility index (Phi) is 5.26. The Bertz CT molecular complexity index is 652. The summed E-state index contributed by atoms with van der Waals surface area (Å²) in [7, 11) is -5.01. The van der Waals surface area contributed by atoms with Crippen molar-refractivity contribution in [1.82, 2.24) is 9.80 Å². The smallest absolute Gasteiger partial charge is 0.152 e. The summed E-state index contributed by atoms with van der Waals surface area (Å²) in [5, 5.41) is 1.01. The van der Waals surface area contributed by atoms with Crippen molar-refractivity contribution < 1.29 is 13.0 Å². The maximum Gasteiger partial charge on any atom is 0.152 e. The van der Waals surface area contributed by atoms with E-state index in [0.717, 1.165) is 43.8 Å². The van der Waals surface area contributed by atoms with E-state index in [-0.39, 0.29) is 11.5 Å². The molecule has 0 saturated carbocycles. The Morgan fingerprint density at radius 1 is 0.870 bits per heavy atom. The summed E-state index contributed by atoms with van der Waals surface area (Å²) in [6.45, 7) is 4.90. The van der Waals surface area contributed by atoms with Gasteiger partial charge in [0.25, 0.3) is 0 Å². The molecule has 0 aliphatic carbocycles. The average Bonchev–Trinajstić information content (AvgIpc) is 2.56. The lowest BCUT2D eigenvalue weighted by atomic mass is 10.4. The summed E-state index contributed by atoms with van der Waals surface area (Å²) in [4.78, 5) is 4.59. The predicted octanol–water partition coefficient (Wildman–Crippen LogP) is 0.721. The van der Waals surface area contributed by atoms with Crippen LogP contribution in [0.2, 0.25) is 0 Å². The molecule has 0 spiro atoms. The highest BCUT2D eigenvalue weighted by atomic mass is 32.2. The minimum Gasteiger partial charge on any atom is -0.319 e. The van der Waals surface area contributed by atoms with Gasteiger partial charge in [-0.1, -0.05) is 30.3 Å². The van der Waals surface area contributed by atoms with Crippen LogP contribution in [-0.2, 0) is 14.4 Å². The third kappa shape index (κ3) is 4.44. The number of sulfone groups is 1. The van der Waals surface area contributed by atoms with Crippen molar-refractivity contribution in [2.24, 2.45) is 0 Å². The lowest BCUT2D eigenvalue weighted by Crippen LogP contribution is -2.46. The van der Waals surface area contributed by atoms with Gasteiger partial charge in [-0.15, -0.1) is 0 Å². The molecule has 1 aromatic rings. The molecule has 0 N–H and O–H groups in total. The Balaban J connectivity index is 1.46. The highest BCUT2D eigenvalue weighted by Crippen LogP contribution is 2.45. The standard InChI is InChI=1S/C16H25N2O3PS/c19-22(16-4-2-1-3-5-16)12-8-17(9-13-22)6-7-18-10-14-23(20,21)15-11-18/h1-5H,6-15H2. The first-order valence-corrected chi connectivity index (χ1v) is 12.2. The highest BCUT2D eigenvalue weighted by molar-refractivity contribution is 7.91. The second-order valence-electron chi connectivity index (χ2n) is 6.51. The van der Waals surface area contributed by atoms with E-state index in [1.807, 2.05) is 30.3 Å². The molecule has 5 nitrogen and oxygen atoms in total. The van der Waals surface area contributed by atoms with E-state index in [2.05, 4.69) is 9.80 Å². The van der Waals surface area contributed by atoms with Crippen LogP contribution >= 0.6 is 7.14 Å². The molecule has 0 bridgehead atoms. The Labute approximate surface area is 139 Å². The monoisotopic (exact) mass is 356 g/mol. The van der Waals surface area contributed by atoms with E-state index in [1.165, 1.54) is 0 Å².